The normalized spacial score (nSPS) is 21.0. The number of nitrogens with zero attached hydrogens (tertiary/aromatic N) is 1. The van der Waals surface area contributed by atoms with E-state index in [0.29, 0.717) is 18.3 Å². The molecule has 0 bridgehead atoms. The third kappa shape index (κ3) is 5.56. The predicted octanol–water partition coefficient (Wildman–Crippen LogP) is 4.21. The van der Waals surface area contributed by atoms with E-state index in [1.165, 1.54) is 25.7 Å². The van der Waals surface area contributed by atoms with Crippen LogP contribution < -0.4 is 10.6 Å². The van der Waals surface area contributed by atoms with Crippen LogP contribution in [0.15, 0.2) is 5.38 Å². The Hall–Kier alpha value is -0.360. The van der Waals surface area contributed by atoms with Crippen LogP contribution in [-0.4, -0.2) is 24.0 Å². The van der Waals surface area contributed by atoms with Crippen molar-refractivity contribution in [2.24, 2.45) is 11.8 Å². The second-order valence-electron chi connectivity index (χ2n) is 7.40. The second-order valence-corrected chi connectivity index (χ2v) is 8.26. The molecular formula is C18H31Cl2N3OS. The van der Waals surface area contributed by atoms with E-state index in [1.54, 1.807) is 11.3 Å². The van der Waals surface area contributed by atoms with E-state index in [1.807, 2.05) is 6.92 Å². The number of aromatic nitrogens is 1. The minimum absolute atomic E-state index is 0. The lowest BCUT2D eigenvalue weighted by Gasteiger charge is -2.31. The Kier molecular flexibility index (Phi) is 9.16. The molecule has 0 aromatic carbocycles. The topological polar surface area (TPSA) is 54.0 Å². The van der Waals surface area contributed by atoms with Crippen molar-refractivity contribution >= 4 is 42.1 Å². The Bertz CT molecular complexity index is 540. The number of thiazole rings is 1. The van der Waals surface area contributed by atoms with Crippen LogP contribution in [-0.2, 0) is 10.3 Å². The van der Waals surface area contributed by atoms with Gasteiger partial charge in [0.1, 0.15) is 5.01 Å². The summed E-state index contributed by atoms with van der Waals surface area (Å²) in [4.78, 5) is 17.4. The molecule has 1 aromatic rings. The maximum Gasteiger partial charge on any atom is 0.221 e. The minimum Gasteiger partial charge on any atom is -0.344 e. The van der Waals surface area contributed by atoms with Gasteiger partial charge in [-0.3, -0.25) is 4.79 Å². The summed E-state index contributed by atoms with van der Waals surface area (Å²) in [6.07, 6.45) is 7.49. The molecule has 144 valence electrons. The molecular weight excluding hydrogens is 377 g/mol. The van der Waals surface area contributed by atoms with E-state index in [-0.39, 0.29) is 36.3 Å². The molecule has 0 spiro atoms. The van der Waals surface area contributed by atoms with E-state index in [9.17, 15) is 4.79 Å². The fraction of sp³-hybridized carbons (Fsp3) is 0.778. The molecule has 2 N–H and O–H groups in total. The van der Waals surface area contributed by atoms with E-state index in [0.717, 1.165) is 36.6 Å². The van der Waals surface area contributed by atoms with Crippen LogP contribution in [0.1, 0.15) is 62.6 Å². The summed E-state index contributed by atoms with van der Waals surface area (Å²) in [5.41, 5.74) is 0.873. The van der Waals surface area contributed by atoms with Gasteiger partial charge < -0.3 is 10.6 Å². The number of nitrogens with one attached hydrogen (secondary N) is 2. The van der Waals surface area contributed by atoms with Gasteiger partial charge in [-0.05, 0) is 57.5 Å². The average Bonchev–Trinajstić information content (AvgIpc) is 3.18. The summed E-state index contributed by atoms with van der Waals surface area (Å²) in [6, 6.07) is 0. The molecule has 1 atom stereocenters. The molecule has 1 aromatic heterocycles. The first kappa shape index (κ1) is 22.7. The highest BCUT2D eigenvalue weighted by Gasteiger charge is 2.39. The summed E-state index contributed by atoms with van der Waals surface area (Å²) >= 11 is 1.70. The fourth-order valence-corrected chi connectivity index (χ4v) is 5.15. The molecule has 7 heteroatoms. The predicted molar refractivity (Wildman–Crippen MR) is 109 cm³/mol. The van der Waals surface area contributed by atoms with Gasteiger partial charge in [-0.15, -0.1) is 36.2 Å². The van der Waals surface area contributed by atoms with Gasteiger partial charge in [0.25, 0.3) is 0 Å². The first-order valence-electron chi connectivity index (χ1n) is 9.03. The summed E-state index contributed by atoms with van der Waals surface area (Å²) in [7, 11) is 0. The molecule has 3 rings (SSSR count). The van der Waals surface area contributed by atoms with Crippen molar-refractivity contribution in [1.82, 2.24) is 15.6 Å². The number of carbonyl (C=O) groups excluding carboxylic acids is 1. The number of rotatable bonds is 5. The summed E-state index contributed by atoms with van der Waals surface area (Å²) in [5.74, 6) is 1.36. The van der Waals surface area contributed by atoms with Crippen molar-refractivity contribution in [1.29, 1.82) is 0 Å². The van der Waals surface area contributed by atoms with Crippen molar-refractivity contribution in [3.05, 3.63) is 16.1 Å². The third-order valence-electron chi connectivity index (χ3n) is 5.56. The van der Waals surface area contributed by atoms with E-state index in [4.69, 9.17) is 0 Å². The monoisotopic (exact) mass is 407 g/mol. The zero-order valence-electron chi connectivity index (χ0n) is 15.2. The number of aryl methyl sites for hydroxylation is 1. The zero-order chi connectivity index (χ0) is 16.3. The Morgan fingerprint density at radius 3 is 2.56 bits per heavy atom. The van der Waals surface area contributed by atoms with Gasteiger partial charge in [-0.1, -0.05) is 19.8 Å². The van der Waals surface area contributed by atoms with Crippen molar-refractivity contribution in [2.75, 3.05) is 13.1 Å². The molecule has 4 nitrogen and oxygen atoms in total. The smallest absolute Gasteiger partial charge is 0.221 e. The van der Waals surface area contributed by atoms with Crippen molar-refractivity contribution in [3.8, 4) is 0 Å². The number of hydrogen-bond acceptors (Lipinski definition) is 4. The summed E-state index contributed by atoms with van der Waals surface area (Å²) < 4.78 is 0. The molecule has 2 fully saturated rings. The van der Waals surface area contributed by atoms with Crippen LogP contribution in [0.5, 0.6) is 0 Å². The molecule has 2 heterocycles. The summed E-state index contributed by atoms with van der Waals surface area (Å²) in [6.45, 7) is 6.46. The number of halogens is 2. The Labute approximate surface area is 167 Å². The zero-order valence-corrected chi connectivity index (χ0v) is 17.6. The highest BCUT2D eigenvalue weighted by atomic mass is 35.5. The van der Waals surface area contributed by atoms with E-state index >= 15 is 0 Å². The highest BCUT2D eigenvalue weighted by molar-refractivity contribution is 7.09. The summed E-state index contributed by atoms with van der Waals surface area (Å²) in [5, 5.41) is 9.99. The maximum atomic E-state index is 12.7. The number of carbonyl (C=O) groups is 1. The van der Waals surface area contributed by atoms with Crippen LogP contribution in [0.4, 0.5) is 0 Å². The molecule has 2 aliphatic rings. The molecule has 1 amide bonds. The molecule has 1 aliphatic carbocycles. The van der Waals surface area contributed by atoms with Gasteiger partial charge in [0.15, 0.2) is 0 Å². The van der Waals surface area contributed by atoms with Gasteiger partial charge in [-0.25, -0.2) is 4.98 Å². The SMILES string of the molecule is Cc1csc(C2(NC(=O)CC(C)C3CCNCC3)CCCC2)n1.Cl.Cl. The first-order valence-corrected chi connectivity index (χ1v) is 9.91. The molecule has 1 aliphatic heterocycles. The van der Waals surface area contributed by atoms with Gasteiger partial charge in [0, 0.05) is 17.5 Å². The van der Waals surface area contributed by atoms with Crippen molar-refractivity contribution < 1.29 is 4.79 Å². The molecule has 1 saturated carbocycles. The minimum atomic E-state index is -0.191. The lowest BCUT2D eigenvalue weighted by molar-refractivity contribution is -0.124. The Morgan fingerprint density at radius 2 is 2.00 bits per heavy atom. The lowest BCUT2D eigenvalue weighted by Crippen LogP contribution is -2.44. The van der Waals surface area contributed by atoms with Crippen LogP contribution in [0.3, 0.4) is 0 Å². The standard InChI is InChI=1S/C18H29N3OS.2ClH/c1-13(15-5-9-19-10-6-15)11-16(22)21-18(7-3-4-8-18)17-20-14(2)12-23-17;;/h12-13,15,19H,3-11H2,1-2H3,(H,21,22);2*1H. The molecule has 1 saturated heterocycles. The highest BCUT2D eigenvalue weighted by Crippen LogP contribution is 2.40. The van der Waals surface area contributed by atoms with Crippen molar-refractivity contribution in [3.63, 3.8) is 0 Å². The van der Waals surface area contributed by atoms with E-state index < -0.39 is 0 Å². The van der Waals surface area contributed by atoms with Crippen LogP contribution in [0.25, 0.3) is 0 Å². The fourth-order valence-electron chi connectivity index (χ4n) is 4.13. The quantitative estimate of drug-likeness (QED) is 0.768. The molecule has 0 radical (unpaired) electrons. The van der Waals surface area contributed by atoms with Gasteiger partial charge in [0.05, 0.1) is 5.54 Å². The Morgan fingerprint density at radius 1 is 1.36 bits per heavy atom. The van der Waals surface area contributed by atoms with Crippen LogP contribution in [0, 0.1) is 18.8 Å². The first-order chi connectivity index (χ1) is 11.1. The number of amides is 1. The van der Waals surface area contributed by atoms with Crippen molar-refractivity contribution in [2.45, 2.75) is 64.3 Å². The van der Waals surface area contributed by atoms with E-state index in [2.05, 4.69) is 27.9 Å². The van der Waals surface area contributed by atoms with Gasteiger partial charge >= 0.3 is 0 Å². The number of piperidine rings is 1. The van der Waals surface area contributed by atoms with Gasteiger partial charge in [0.2, 0.25) is 5.91 Å². The maximum absolute atomic E-state index is 12.7. The van der Waals surface area contributed by atoms with Crippen LogP contribution >= 0.6 is 36.2 Å². The van der Waals surface area contributed by atoms with Gasteiger partial charge in [-0.2, -0.15) is 0 Å². The lowest BCUT2D eigenvalue weighted by atomic mass is 9.83. The average molecular weight is 408 g/mol. The third-order valence-corrected chi connectivity index (χ3v) is 6.72. The largest absolute Gasteiger partial charge is 0.344 e. The second kappa shape index (κ2) is 10.1. The number of hydrogen-bond donors (Lipinski definition) is 2. The molecule has 1 unspecified atom stereocenters. The Balaban J connectivity index is 0.00000156. The molecule has 25 heavy (non-hydrogen) atoms. The van der Waals surface area contributed by atoms with Crippen LogP contribution in [0.2, 0.25) is 0 Å².